The van der Waals surface area contributed by atoms with Crippen LogP contribution in [-0.2, 0) is 6.61 Å². The maximum absolute atomic E-state index is 10.7. The number of aromatic nitrogens is 1. The Morgan fingerprint density at radius 1 is 1.03 bits per heavy atom. The lowest BCUT2D eigenvalue weighted by atomic mass is 10.1. The summed E-state index contributed by atoms with van der Waals surface area (Å²) in [6, 6.07) is 22.8. The van der Waals surface area contributed by atoms with Crippen molar-refractivity contribution in [2.24, 2.45) is 5.10 Å². The topological polar surface area (TPSA) is 98.9 Å². The molecule has 8 nitrogen and oxygen atoms in total. The maximum atomic E-state index is 10.7. The molecule has 1 aromatic heterocycles. The number of nitro groups is 1. The summed E-state index contributed by atoms with van der Waals surface area (Å²) in [5.41, 5.74) is 4.51. The molecule has 0 fully saturated rings. The van der Waals surface area contributed by atoms with Gasteiger partial charge >= 0.3 is 0 Å². The number of anilines is 1. The summed E-state index contributed by atoms with van der Waals surface area (Å²) in [6.45, 7) is 0.419. The molecule has 0 aliphatic carbocycles. The van der Waals surface area contributed by atoms with E-state index in [-0.39, 0.29) is 5.69 Å². The van der Waals surface area contributed by atoms with Crippen LogP contribution in [0.5, 0.6) is 11.5 Å². The van der Waals surface area contributed by atoms with E-state index in [2.05, 4.69) is 39.8 Å². The Hall–Kier alpha value is -4.46. The van der Waals surface area contributed by atoms with Gasteiger partial charge in [-0.1, -0.05) is 36.4 Å². The summed E-state index contributed by atoms with van der Waals surface area (Å²) in [4.78, 5) is 14.1. The minimum absolute atomic E-state index is 0.0801. The molecule has 0 aliphatic rings. The highest BCUT2D eigenvalue weighted by molar-refractivity contribution is 5.83. The summed E-state index contributed by atoms with van der Waals surface area (Å²) in [7, 11) is 1.58. The van der Waals surface area contributed by atoms with Crippen LogP contribution >= 0.6 is 0 Å². The van der Waals surface area contributed by atoms with Gasteiger partial charge in [0.15, 0.2) is 11.5 Å². The van der Waals surface area contributed by atoms with Crippen molar-refractivity contribution in [1.82, 2.24) is 4.98 Å². The summed E-state index contributed by atoms with van der Waals surface area (Å²) in [6.07, 6.45) is 2.77. The van der Waals surface area contributed by atoms with Gasteiger partial charge in [-0.25, -0.2) is 4.98 Å². The van der Waals surface area contributed by atoms with Crippen molar-refractivity contribution in [2.75, 3.05) is 12.5 Å². The SMILES string of the molecule is COc1cc(/C=N/Nc2ccc([N+](=O)[O-])cn2)ccc1OCc1ccc2ccccc2c1. The summed E-state index contributed by atoms with van der Waals surface area (Å²) in [5.74, 6) is 1.61. The van der Waals surface area contributed by atoms with E-state index in [9.17, 15) is 10.1 Å². The van der Waals surface area contributed by atoms with Crippen molar-refractivity contribution in [3.05, 3.63) is 100 Å². The Labute approximate surface area is 184 Å². The highest BCUT2D eigenvalue weighted by Gasteiger charge is 2.07. The minimum Gasteiger partial charge on any atom is -0.493 e. The molecule has 0 radical (unpaired) electrons. The number of hydrogen-bond donors (Lipinski definition) is 1. The normalized spacial score (nSPS) is 10.9. The molecule has 0 saturated heterocycles. The highest BCUT2D eigenvalue weighted by atomic mass is 16.6. The minimum atomic E-state index is -0.504. The van der Waals surface area contributed by atoms with Crippen LogP contribution in [0.4, 0.5) is 11.5 Å². The largest absolute Gasteiger partial charge is 0.493 e. The molecule has 1 heterocycles. The number of pyridine rings is 1. The van der Waals surface area contributed by atoms with Crippen LogP contribution in [0.15, 0.2) is 84.1 Å². The van der Waals surface area contributed by atoms with Crippen LogP contribution in [0.2, 0.25) is 0 Å². The molecule has 160 valence electrons. The standard InChI is InChI=1S/C24H20N4O4/c1-31-23-13-17(14-26-27-24-11-9-21(15-25-24)28(29)30)7-10-22(23)32-16-18-6-8-19-4-2-3-5-20(19)12-18/h2-15H,16H2,1H3,(H,25,27)/b26-14+. The number of methoxy groups -OCH3 is 1. The van der Waals surface area contributed by atoms with Gasteiger partial charge in [-0.2, -0.15) is 5.10 Å². The maximum Gasteiger partial charge on any atom is 0.287 e. The molecule has 0 bridgehead atoms. The zero-order valence-corrected chi connectivity index (χ0v) is 17.3. The molecule has 0 aliphatic heterocycles. The van der Waals surface area contributed by atoms with Gasteiger partial charge in [0.25, 0.3) is 5.69 Å². The van der Waals surface area contributed by atoms with Gasteiger partial charge in [0.2, 0.25) is 0 Å². The lowest BCUT2D eigenvalue weighted by Gasteiger charge is -2.12. The van der Waals surface area contributed by atoms with Crippen LogP contribution in [0, 0.1) is 10.1 Å². The van der Waals surface area contributed by atoms with Crippen LogP contribution in [0.3, 0.4) is 0 Å². The quantitative estimate of drug-likeness (QED) is 0.236. The van der Waals surface area contributed by atoms with E-state index < -0.39 is 4.92 Å². The van der Waals surface area contributed by atoms with Gasteiger partial charge < -0.3 is 9.47 Å². The Bertz CT molecular complexity index is 1270. The number of benzene rings is 3. The number of nitrogens with one attached hydrogen (secondary N) is 1. The Balaban J connectivity index is 1.40. The van der Waals surface area contributed by atoms with Gasteiger partial charge in [-0.15, -0.1) is 0 Å². The van der Waals surface area contributed by atoms with E-state index in [0.29, 0.717) is 23.9 Å². The summed E-state index contributed by atoms with van der Waals surface area (Å²) >= 11 is 0. The molecule has 0 unspecified atom stereocenters. The third kappa shape index (κ3) is 4.99. The molecule has 0 atom stereocenters. The van der Waals surface area contributed by atoms with E-state index in [1.165, 1.54) is 29.1 Å². The van der Waals surface area contributed by atoms with Crippen molar-refractivity contribution in [3.63, 3.8) is 0 Å². The third-order valence-corrected chi connectivity index (χ3v) is 4.75. The van der Waals surface area contributed by atoms with Crippen molar-refractivity contribution < 1.29 is 14.4 Å². The van der Waals surface area contributed by atoms with E-state index in [1.54, 1.807) is 13.3 Å². The second-order valence-corrected chi connectivity index (χ2v) is 6.91. The molecule has 0 saturated carbocycles. The van der Waals surface area contributed by atoms with Crippen molar-refractivity contribution >= 4 is 28.5 Å². The first-order chi connectivity index (χ1) is 15.6. The number of hydrogen-bond acceptors (Lipinski definition) is 7. The predicted molar refractivity (Wildman–Crippen MR) is 123 cm³/mol. The fraction of sp³-hybridized carbons (Fsp3) is 0.0833. The number of rotatable bonds is 8. The zero-order valence-electron chi connectivity index (χ0n) is 17.3. The second kappa shape index (κ2) is 9.57. The van der Waals surface area contributed by atoms with Crippen LogP contribution in [0.25, 0.3) is 10.8 Å². The van der Waals surface area contributed by atoms with Gasteiger partial charge in [0, 0.05) is 6.07 Å². The summed E-state index contributed by atoms with van der Waals surface area (Å²) < 4.78 is 11.4. The molecule has 32 heavy (non-hydrogen) atoms. The molecule has 4 aromatic rings. The van der Waals surface area contributed by atoms with E-state index in [0.717, 1.165) is 11.1 Å². The first kappa shape index (κ1) is 20.8. The van der Waals surface area contributed by atoms with Gasteiger partial charge in [-0.3, -0.25) is 15.5 Å². The second-order valence-electron chi connectivity index (χ2n) is 6.91. The molecule has 1 N–H and O–H groups in total. The smallest absolute Gasteiger partial charge is 0.287 e. The Morgan fingerprint density at radius 3 is 2.62 bits per heavy atom. The van der Waals surface area contributed by atoms with Crippen molar-refractivity contribution in [3.8, 4) is 11.5 Å². The average Bonchev–Trinajstić information content (AvgIpc) is 2.83. The average molecular weight is 428 g/mol. The molecular weight excluding hydrogens is 408 g/mol. The molecule has 3 aromatic carbocycles. The molecule has 0 spiro atoms. The lowest BCUT2D eigenvalue weighted by Crippen LogP contribution is -1.99. The highest BCUT2D eigenvalue weighted by Crippen LogP contribution is 2.29. The molecular formula is C24H20N4O4. The van der Waals surface area contributed by atoms with Crippen molar-refractivity contribution in [2.45, 2.75) is 6.61 Å². The Kier molecular flexibility index (Phi) is 6.22. The van der Waals surface area contributed by atoms with Crippen molar-refractivity contribution in [1.29, 1.82) is 0 Å². The molecule has 0 amide bonds. The van der Waals surface area contributed by atoms with Gasteiger partial charge in [0.1, 0.15) is 18.6 Å². The van der Waals surface area contributed by atoms with E-state index in [4.69, 9.17) is 9.47 Å². The van der Waals surface area contributed by atoms with Crippen LogP contribution in [0.1, 0.15) is 11.1 Å². The molecule has 4 rings (SSSR count). The number of nitrogens with zero attached hydrogens (tertiary/aromatic N) is 3. The molecule has 8 heteroatoms. The zero-order chi connectivity index (χ0) is 22.3. The van der Waals surface area contributed by atoms with E-state index >= 15 is 0 Å². The lowest BCUT2D eigenvalue weighted by molar-refractivity contribution is -0.385. The first-order valence-corrected chi connectivity index (χ1v) is 9.80. The Morgan fingerprint density at radius 2 is 1.88 bits per heavy atom. The fourth-order valence-electron chi connectivity index (χ4n) is 3.11. The monoisotopic (exact) mass is 428 g/mol. The van der Waals surface area contributed by atoms with Crippen LogP contribution in [-0.4, -0.2) is 23.2 Å². The summed E-state index contributed by atoms with van der Waals surface area (Å²) in [5, 5.41) is 17.1. The number of fused-ring (bicyclic) bond motifs is 1. The number of ether oxygens (including phenoxy) is 2. The first-order valence-electron chi connectivity index (χ1n) is 9.80. The fourth-order valence-corrected chi connectivity index (χ4v) is 3.11. The van der Waals surface area contributed by atoms with Crippen LogP contribution < -0.4 is 14.9 Å². The number of hydrazone groups is 1. The van der Waals surface area contributed by atoms with Gasteiger partial charge in [0.05, 0.1) is 18.2 Å². The third-order valence-electron chi connectivity index (χ3n) is 4.75. The van der Waals surface area contributed by atoms with E-state index in [1.807, 2.05) is 36.4 Å². The predicted octanol–water partition coefficient (Wildman–Crippen LogP) is 5.18. The van der Waals surface area contributed by atoms with Gasteiger partial charge in [-0.05, 0) is 52.2 Å².